The van der Waals surface area contributed by atoms with Gasteiger partial charge in [-0.15, -0.1) is 0 Å². The Kier molecular flexibility index (Phi) is 5.75. The summed E-state index contributed by atoms with van der Waals surface area (Å²) in [5.41, 5.74) is 1.21. The van der Waals surface area contributed by atoms with E-state index in [1.54, 1.807) is 24.3 Å². The van der Waals surface area contributed by atoms with E-state index in [4.69, 9.17) is 12.2 Å². The van der Waals surface area contributed by atoms with E-state index in [2.05, 4.69) is 10.6 Å². The van der Waals surface area contributed by atoms with Crippen LogP contribution in [-0.2, 0) is 6.18 Å². The van der Waals surface area contributed by atoms with Crippen molar-refractivity contribution < 1.29 is 18.0 Å². The monoisotopic (exact) mass is 400 g/mol. The summed E-state index contributed by atoms with van der Waals surface area (Å²) in [6.45, 7) is 0. The molecule has 142 valence electrons. The minimum absolute atomic E-state index is 0.214. The zero-order valence-electron chi connectivity index (χ0n) is 14.5. The topological polar surface area (TPSA) is 41.1 Å². The zero-order valence-corrected chi connectivity index (χ0v) is 15.3. The van der Waals surface area contributed by atoms with Gasteiger partial charge in [-0.1, -0.05) is 54.6 Å². The molecule has 2 N–H and O–H groups in total. The summed E-state index contributed by atoms with van der Waals surface area (Å²) >= 11 is 4.99. The first-order chi connectivity index (χ1) is 13.3. The molecule has 3 rings (SSSR count). The highest BCUT2D eigenvalue weighted by molar-refractivity contribution is 7.80. The third-order valence-electron chi connectivity index (χ3n) is 3.96. The molecule has 0 saturated carbocycles. The highest BCUT2D eigenvalue weighted by atomic mass is 32.1. The Morgan fingerprint density at radius 1 is 0.786 bits per heavy atom. The van der Waals surface area contributed by atoms with Crippen molar-refractivity contribution in [2.24, 2.45) is 0 Å². The van der Waals surface area contributed by atoms with Gasteiger partial charge in [0.05, 0.1) is 11.3 Å². The van der Waals surface area contributed by atoms with Crippen LogP contribution in [0.1, 0.15) is 15.9 Å². The number of amides is 1. The number of alkyl halides is 3. The quantitative estimate of drug-likeness (QED) is 0.571. The van der Waals surface area contributed by atoms with Crippen LogP contribution in [0.2, 0.25) is 0 Å². The molecule has 3 aromatic rings. The zero-order chi connectivity index (χ0) is 20.1. The first-order valence-electron chi connectivity index (χ1n) is 8.28. The molecule has 0 aromatic heterocycles. The lowest BCUT2D eigenvalue weighted by Crippen LogP contribution is -2.34. The first kappa shape index (κ1) is 19.6. The number of para-hydroxylation sites is 1. The second-order valence-corrected chi connectivity index (χ2v) is 6.30. The predicted octanol–water partition coefficient (Wildman–Crippen LogP) is 5.50. The van der Waals surface area contributed by atoms with E-state index in [9.17, 15) is 18.0 Å². The van der Waals surface area contributed by atoms with E-state index in [1.807, 2.05) is 30.3 Å². The number of carbonyl (C=O) groups excluding carboxylic acids is 1. The lowest BCUT2D eigenvalue weighted by Gasteiger charge is -2.15. The average Bonchev–Trinajstić information content (AvgIpc) is 2.68. The molecule has 0 radical (unpaired) electrons. The number of benzene rings is 3. The van der Waals surface area contributed by atoms with Crippen LogP contribution in [0, 0.1) is 0 Å². The Morgan fingerprint density at radius 3 is 2.00 bits per heavy atom. The summed E-state index contributed by atoms with van der Waals surface area (Å²) in [7, 11) is 0. The molecular formula is C21H15F3N2OS. The molecule has 0 atom stereocenters. The number of nitrogens with one attached hydrogen (secondary N) is 2. The predicted molar refractivity (Wildman–Crippen MR) is 107 cm³/mol. The van der Waals surface area contributed by atoms with Crippen LogP contribution < -0.4 is 10.6 Å². The van der Waals surface area contributed by atoms with E-state index in [0.717, 1.165) is 17.2 Å². The second kappa shape index (κ2) is 8.22. The first-order valence-corrected chi connectivity index (χ1v) is 8.69. The van der Waals surface area contributed by atoms with Crippen LogP contribution in [0.25, 0.3) is 11.1 Å². The van der Waals surface area contributed by atoms with E-state index in [1.165, 1.54) is 18.2 Å². The highest BCUT2D eigenvalue weighted by Crippen LogP contribution is 2.34. The SMILES string of the molecule is O=C(NC(=S)Nc1ccccc1C(F)(F)F)c1ccc(-c2ccccc2)cc1. The van der Waals surface area contributed by atoms with Gasteiger partial charge in [-0.05, 0) is 47.6 Å². The van der Waals surface area contributed by atoms with Gasteiger partial charge in [0.15, 0.2) is 5.11 Å². The van der Waals surface area contributed by atoms with Crippen LogP contribution in [0.3, 0.4) is 0 Å². The van der Waals surface area contributed by atoms with E-state index in [0.29, 0.717) is 5.56 Å². The smallest absolute Gasteiger partial charge is 0.332 e. The number of rotatable bonds is 3. The summed E-state index contributed by atoms with van der Waals surface area (Å²) in [6.07, 6.45) is -4.53. The molecule has 7 heteroatoms. The number of hydrogen-bond donors (Lipinski definition) is 2. The third kappa shape index (κ3) is 4.75. The van der Waals surface area contributed by atoms with Crippen molar-refractivity contribution >= 4 is 28.9 Å². The standard InChI is InChI=1S/C21H15F3N2OS/c22-21(23,24)17-8-4-5-9-18(17)25-20(28)26-19(27)16-12-10-15(11-13-16)14-6-2-1-3-7-14/h1-13H,(H2,25,26,27,28). The van der Waals surface area contributed by atoms with Gasteiger partial charge in [-0.3, -0.25) is 10.1 Å². The molecule has 0 saturated heterocycles. The van der Waals surface area contributed by atoms with E-state index < -0.39 is 17.6 Å². The molecule has 3 aromatic carbocycles. The van der Waals surface area contributed by atoms with Crippen LogP contribution in [0.5, 0.6) is 0 Å². The van der Waals surface area contributed by atoms with Crippen molar-refractivity contribution in [1.82, 2.24) is 5.32 Å². The fourth-order valence-corrected chi connectivity index (χ4v) is 2.82. The maximum absolute atomic E-state index is 13.0. The van der Waals surface area contributed by atoms with Crippen molar-refractivity contribution in [3.63, 3.8) is 0 Å². The van der Waals surface area contributed by atoms with Gasteiger partial charge >= 0.3 is 6.18 Å². The summed E-state index contributed by atoms with van der Waals surface area (Å²) in [4.78, 5) is 12.3. The number of anilines is 1. The minimum atomic E-state index is -4.53. The Balaban J connectivity index is 1.68. The molecule has 0 heterocycles. The van der Waals surface area contributed by atoms with Crippen LogP contribution in [0.15, 0.2) is 78.9 Å². The molecule has 0 fully saturated rings. The molecule has 0 aliphatic carbocycles. The number of carbonyl (C=O) groups is 1. The Morgan fingerprint density at radius 2 is 1.36 bits per heavy atom. The summed E-state index contributed by atoms with van der Waals surface area (Å²) in [5.74, 6) is -0.512. The van der Waals surface area contributed by atoms with Crippen LogP contribution in [0.4, 0.5) is 18.9 Å². The minimum Gasteiger partial charge on any atom is -0.332 e. The lowest BCUT2D eigenvalue weighted by atomic mass is 10.0. The van der Waals surface area contributed by atoms with E-state index >= 15 is 0 Å². The molecule has 0 unspecified atom stereocenters. The maximum atomic E-state index is 13.0. The van der Waals surface area contributed by atoms with Crippen molar-refractivity contribution in [1.29, 1.82) is 0 Å². The molecule has 0 aliphatic rings. The van der Waals surface area contributed by atoms with Crippen LogP contribution >= 0.6 is 12.2 Å². The molecule has 28 heavy (non-hydrogen) atoms. The molecule has 0 bridgehead atoms. The number of halogens is 3. The third-order valence-corrected chi connectivity index (χ3v) is 4.17. The van der Waals surface area contributed by atoms with Crippen LogP contribution in [-0.4, -0.2) is 11.0 Å². The van der Waals surface area contributed by atoms with E-state index in [-0.39, 0.29) is 10.8 Å². The fraction of sp³-hybridized carbons (Fsp3) is 0.0476. The van der Waals surface area contributed by atoms with Gasteiger partial charge in [0, 0.05) is 5.56 Å². The summed E-state index contributed by atoms with van der Waals surface area (Å²) < 4.78 is 39.1. The average molecular weight is 400 g/mol. The van der Waals surface area contributed by atoms with Crippen molar-refractivity contribution in [2.75, 3.05) is 5.32 Å². The van der Waals surface area contributed by atoms with Gasteiger partial charge in [-0.2, -0.15) is 13.2 Å². The Hall–Kier alpha value is -3.19. The fourth-order valence-electron chi connectivity index (χ4n) is 2.61. The molecular weight excluding hydrogens is 385 g/mol. The normalized spacial score (nSPS) is 11.0. The summed E-state index contributed by atoms with van der Waals surface area (Å²) in [5, 5.41) is 4.62. The van der Waals surface area contributed by atoms with Gasteiger partial charge in [0.2, 0.25) is 0 Å². The number of hydrogen-bond acceptors (Lipinski definition) is 2. The van der Waals surface area contributed by atoms with Gasteiger partial charge in [-0.25, -0.2) is 0 Å². The lowest BCUT2D eigenvalue weighted by molar-refractivity contribution is -0.136. The van der Waals surface area contributed by atoms with Gasteiger partial charge in [0.25, 0.3) is 5.91 Å². The molecule has 1 amide bonds. The van der Waals surface area contributed by atoms with Gasteiger partial charge in [0.1, 0.15) is 0 Å². The maximum Gasteiger partial charge on any atom is 0.418 e. The van der Waals surface area contributed by atoms with Crippen molar-refractivity contribution in [3.8, 4) is 11.1 Å². The Labute approximate surface area is 165 Å². The molecule has 0 spiro atoms. The molecule has 3 nitrogen and oxygen atoms in total. The van der Waals surface area contributed by atoms with Gasteiger partial charge < -0.3 is 5.32 Å². The second-order valence-electron chi connectivity index (χ2n) is 5.89. The largest absolute Gasteiger partial charge is 0.418 e. The Bertz CT molecular complexity index is 987. The number of thiocarbonyl (C=S) groups is 1. The summed E-state index contributed by atoms with van der Waals surface area (Å²) in [6, 6.07) is 21.4. The molecule has 0 aliphatic heterocycles. The van der Waals surface area contributed by atoms with Crippen molar-refractivity contribution in [3.05, 3.63) is 90.0 Å². The van der Waals surface area contributed by atoms with Crippen molar-refractivity contribution in [2.45, 2.75) is 6.18 Å². The highest BCUT2D eigenvalue weighted by Gasteiger charge is 2.33.